The Kier molecular flexibility index (Phi) is 3.47. The van der Waals surface area contributed by atoms with Crippen LogP contribution in [0.15, 0.2) is 22.7 Å². The second kappa shape index (κ2) is 5.05. The van der Waals surface area contributed by atoms with Crippen molar-refractivity contribution in [3.63, 3.8) is 0 Å². The van der Waals surface area contributed by atoms with Gasteiger partial charge in [0.2, 0.25) is 0 Å². The minimum atomic E-state index is -4.41. The van der Waals surface area contributed by atoms with Gasteiger partial charge in [-0.15, -0.1) is 0 Å². The van der Waals surface area contributed by atoms with Crippen LogP contribution in [0.25, 0.3) is 5.69 Å². The predicted molar refractivity (Wildman–Crippen MR) is 77.3 cm³/mol. The molecule has 1 aromatic carbocycles. The van der Waals surface area contributed by atoms with Gasteiger partial charge in [-0.1, -0.05) is 15.9 Å². The van der Waals surface area contributed by atoms with Crippen LogP contribution in [-0.2, 0) is 19.0 Å². The largest absolute Gasteiger partial charge is 0.417 e. The second-order valence-electron chi connectivity index (χ2n) is 5.09. The van der Waals surface area contributed by atoms with Gasteiger partial charge in [0.25, 0.3) is 0 Å². The number of nitrogen functional groups attached to an aromatic ring is 1. The SMILES string of the molecule is Nc1nn(-c2ccc(Br)c(C(F)(F)F)c2)c2c1CCCC2. The first-order valence-corrected chi connectivity index (χ1v) is 7.40. The first kappa shape index (κ1) is 14.4. The Morgan fingerprint density at radius 3 is 2.62 bits per heavy atom. The molecule has 0 spiro atoms. The molecule has 0 aliphatic heterocycles. The summed E-state index contributed by atoms with van der Waals surface area (Å²) < 4.78 is 40.6. The lowest BCUT2D eigenvalue weighted by Crippen LogP contribution is -2.11. The molecule has 1 aliphatic carbocycles. The van der Waals surface area contributed by atoms with E-state index < -0.39 is 11.7 Å². The van der Waals surface area contributed by atoms with Crippen LogP contribution >= 0.6 is 15.9 Å². The zero-order valence-corrected chi connectivity index (χ0v) is 12.6. The number of benzene rings is 1. The maximum absolute atomic E-state index is 13.0. The summed E-state index contributed by atoms with van der Waals surface area (Å²) in [5, 5.41) is 4.23. The van der Waals surface area contributed by atoms with Crippen LogP contribution in [0.1, 0.15) is 29.7 Å². The number of hydrogen-bond donors (Lipinski definition) is 1. The Morgan fingerprint density at radius 2 is 1.90 bits per heavy atom. The lowest BCUT2D eigenvalue weighted by molar-refractivity contribution is -0.138. The summed E-state index contributed by atoms with van der Waals surface area (Å²) >= 11 is 2.94. The molecule has 21 heavy (non-hydrogen) atoms. The summed E-state index contributed by atoms with van der Waals surface area (Å²) in [6.07, 6.45) is -0.744. The third-order valence-electron chi connectivity index (χ3n) is 3.71. The second-order valence-corrected chi connectivity index (χ2v) is 5.95. The van der Waals surface area contributed by atoms with Crippen LogP contribution < -0.4 is 5.73 Å². The Labute approximate surface area is 128 Å². The lowest BCUT2D eigenvalue weighted by Gasteiger charge is -2.15. The Hall–Kier alpha value is -1.50. The summed E-state index contributed by atoms with van der Waals surface area (Å²) in [7, 11) is 0. The van der Waals surface area contributed by atoms with Crippen molar-refractivity contribution in [2.24, 2.45) is 0 Å². The molecule has 3 nitrogen and oxygen atoms in total. The molecule has 0 atom stereocenters. The molecule has 1 aromatic heterocycles. The Morgan fingerprint density at radius 1 is 1.19 bits per heavy atom. The molecule has 0 fully saturated rings. The number of anilines is 1. The van der Waals surface area contributed by atoms with E-state index in [9.17, 15) is 13.2 Å². The third-order valence-corrected chi connectivity index (χ3v) is 4.40. The predicted octanol–water partition coefficient (Wildman–Crippen LogP) is 4.11. The number of halogens is 4. The van der Waals surface area contributed by atoms with Crippen molar-refractivity contribution in [1.29, 1.82) is 0 Å². The first-order chi connectivity index (χ1) is 9.88. The van der Waals surface area contributed by atoms with Crippen LogP contribution in [0, 0.1) is 0 Å². The van der Waals surface area contributed by atoms with Gasteiger partial charge in [-0.25, -0.2) is 4.68 Å². The maximum atomic E-state index is 13.0. The molecule has 0 amide bonds. The van der Waals surface area contributed by atoms with Crippen molar-refractivity contribution < 1.29 is 13.2 Å². The highest BCUT2D eigenvalue weighted by atomic mass is 79.9. The fourth-order valence-electron chi connectivity index (χ4n) is 2.70. The van der Waals surface area contributed by atoms with Crippen LogP contribution in [0.3, 0.4) is 0 Å². The summed E-state index contributed by atoms with van der Waals surface area (Å²) in [5.41, 5.74) is 7.46. The van der Waals surface area contributed by atoms with E-state index in [4.69, 9.17) is 5.73 Å². The van der Waals surface area contributed by atoms with E-state index in [0.717, 1.165) is 43.0 Å². The van der Waals surface area contributed by atoms with Gasteiger partial charge in [0, 0.05) is 15.7 Å². The van der Waals surface area contributed by atoms with Gasteiger partial charge >= 0.3 is 6.18 Å². The molecule has 2 N–H and O–H groups in total. The van der Waals surface area contributed by atoms with Gasteiger partial charge in [0.15, 0.2) is 0 Å². The fourth-order valence-corrected chi connectivity index (χ4v) is 3.17. The molecule has 0 saturated heterocycles. The van der Waals surface area contributed by atoms with Gasteiger partial charge < -0.3 is 5.73 Å². The standard InChI is InChI=1S/C14H13BrF3N3/c15-11-6-5-8(7-10(11)14(16,17)18)21-12-4-2-1-3-9(12)13(19)20-21/h5-7H,1-4H2,(H2,19,20). The number of nitrogens with zero attached hydrogens (tertiary/aromatic N) is 2. The Balaban J connectivity index is 2.14. The minimum absolute atomic E-state index is 0.0211. The number of hydrogen-bond acceptors (Lipinski definition) is 2. The number of aromatic nitrogens is 2. The van der Waals surface area contributed by atoms with E-state index in [1.807, 2.05) is 0 Å². The van der Waals surface area contributed by atoms with Crippen LogP contribution in [-0.4, -0.2) is 9.78 Å². The van der Waals surface area contributed by atoms with Crippen LogP contribution in [0.4, 0.5) is 19.0 Å². The van der Waals surface area contributed by atoms with Gasteiger partial charge in [-0.3, -0.25) is 0 Å². The third kappa shape index (κ3) is 2.54. The van der Waals surface area contributed by atoms with Crippen molar-refractivity contribution in [2.75, 3.05) is 5.73 Å². The molecule has 1 aliphatic rings. The topological polar surface area (TPSA) is 43.8 Å². The molecule has 1 heterocycles. The van der Waals surface area contributed by atoms with E-state index >= 15 is 0 Å². The molecule has 0 saturated carbocycles. The zero-order chi connectivity index (χ0) is 15.2. The van der Waals surface area contributed by atoms with Crippen molar-refractivity contribution in [3.8, 4) is 5.69 Å². The quantitative estimate of drug-likeness (QED) is 0.832. The molecule has 112 valence electrons. The lowest BCUT2D eigenvalue weighted by atomic mass is 9.97. The van der Waals surface area contributed by atoms with Gasteiger partial charge in [0.05, 0.1) is 11.3 Å². The summed E-state index contributed by atoms with van der Waals surface area (Å²) in [5.74, 6) is 0.418. The van der Waals surface area contributed by atoms with E-state index in [0.29, 0.717) is 11.5 Å². The number of nitrogens with two attached hydrogens (primary N) is 1. The van der Waals surface area contributed by atoms with Gasteiger partial charge in [-0.05, 0) is 43.9 Å². The van der Waals surface area contributed by atoms with Crippen molar-refractivity contribution in [2.45, 2.75) is 31.9 Å². The summed E-state index contributed by atoms with van der Waals surface area (Å²) in [6.45, 7) is 0. The molecule has 0 unspecified atom stereocenters. The molecular formula is C14H13BrF3N3. The average Bonchev–Trinajstić information content (AvgIpc) is 2.76. The summed E-state index contributed by atoms with van der Waals surface area (Å²) in [6, 6.07) is 4.11. The molecule has 7 heteroatoms. The monoisotopic (exact) mass is 359 g/mol. The summed E-state index contributed by atoms with van der Waals surface area (Å²) in [4.78, 5) is 0. The normalized spacial score (nSPS) is 15.0. The van der Waals surface area contributed by atoms with Crippen molar-refractivity contribution in [3.05, 3.63) is 39.5 Å². The zero-order valence-electron chi connectivity index (χ0n) is 11.0. The molecule has 0 bridgehead atoms. The van der Waals surface area contributed by atoms with Crippen LogP contribution in [0.2, 0.25) is 0 Å². The minimum Gasteiger partial charge on any atom is -0.382 e. The highest BCUT2D eigenvalue weighted by molar-refractivity contribution is 9.10. The highest BCUT2D eigenvalue weighted by Gasteiger charge is 2.33. The smallest absolute Gasteiger partial charge is 0.382 e. The molecule has 0 radical (unpaired) electrons. The van der Waals surface area contributed by atoms with E-state index in [1.54, 1.807) is 10.7 Å². The highest BCUT2D eigenvalue weighted by Crippen LogP contribution is 2.37. The average molecular weight is 360 g/mol. The fraction of sp³-hybridized carbons (Fsp3) is 0.357. The van der Waals surface area contributed by atoms with Crippen LogP contribution in [0.5, 0.6) is 0 Å². The number of alkyl halides is 3. The van der Waals surface area contributed by atoms with E-state index in [2.05, 4.69) is 21.0 Å². The van der Waals surface area contributed by atoms with E-state index in [-0.39, 0.29) is 4.47 Å². The van der Waals surface area contributed by atoms with E-state index in [1.165, 1.54) is 6.07 Å². The molecule has 2 aromatic rings. The van der Waals surface area contributed by atoms with Crippen molar-refractivity contribution >= 4 is 21.7 Å². The van der Waals surface area contributed by atoms with Gasteiger partial charge in [-0.2, -0.15) is 18.3 Å². The first-order valence-electron chi connectivity index (χ1n) is 6.61. The Bertz CT molecular complexity index is 692. The number of fused-ring (bicyclic) bond motifs is 1. The number of rotatable bonds is 1. The van der Waals surface area contributed by atoms with Gasteiger partial charge in [0.1, 0.15) is 5.82 Å². The molecule has 3 rings (SSSR count). The molecular weight excluding hydrogens is 347 g/mol. The van der Waals surface area contributed by atoms with Crippen molar-refractivity contribution in [1.82, 2.24) is 9.78 Å². The maximum Gasteiger partial charge on any atom is 0.417 e.